The van der Waals surface area contributed by atoms with Crippen molar-refractivity contribution < 1.29 is 0 Å². The first-order valence-electron chi connectivity index (χ1n) is 5.31. The Balaban J connectivity index is 2.02. The minimum atomic E-state index is 0.839. The van der Waals surface area contributed by atoms with Gasteiger partial charge in [-0.25, -0.2) is 0 Å². The number of aliphatic imine (C=N–C) groups is 1. The van der Waals surface area contributed by atoms with Crippen LogP contribution in [0.3, 0.4) is 0 Å². The highest BCUT2D eigenvalue weighted by Crippen LogP contribution is 2.22. The fraction of sp³-hybridized carbons (Fsp3) is 0.273. The predicted octanol–water partition coefficient (Wildman–Crippen LogP) is 0.944. The molecular formula is C11H13N5. The molecule has 0 fully saturated rings. The molecule has 0 radical (unpaired) electrons. The van der Waals surface area contributed by atoms with Crippen LogP contribution in [0.4, 0.5) is 5.69 Å². The lowest BCUT2D eigenvalue weighted by atomic mass is 10.2. The summed E-state index contributed by atoms with van der Waals surface area (Å²) >= 11 is 0. The average molecular weight is 215 g/mol. The molecule has 82 valence electrons. The van der Waals surface area contributed by atoms with Crippen LogP contribution in [0.1, 0.15) is 0 Å². The van der Waals surface area contributed by atoms with Gasteiger partial charge in [0.25, 0.3) is 0 Å². The van der Waals surface area contributed by atoms with Crippen LogP contribution in [-0.4, -0.2) is 28.8 Å². The van der Waals surface area contributed by atoms with Gasteiger partial charge < -0.3 is 10.6 Å². The number of benzene rings is 1. The minimum absolute atomic E-state index is 0.839. The summed E-state index contributed by atoms with van der Waals surface area (Å²) in [6.45, 7) is 1.75. The number of fused-ring (bicyclic) bond motifs is 1. The van der Waals surface area contributed by atoms with Crippen molar-refractivity contribution in [1.29, 1.82) is 0 Å². The number of nitrogens with zero attached hydrogens (tertiary/aromatic N) is 3. The highest BCUT2D eigenvalue weighted by atomic mass is 15.3. The van der Waals surface area contributed by atoms with Crippen molar-refractivity contribution in [3.8, 4) is 0 Å². The molecule has 0 atom stereocenters. The lowest BCUT2D eigenvalue weighted by molar-refractivity contribution is 0.797. The van der Waals surface area contributed by atoms with Crippen LogP contribution in [0.5, 0.6) is 0 Å². The second kappa shape index (κ2) is 3.52. The third-order valence-electron chi connectivity index (χ3n) is 2.72. The van der Waals surface area contributed by atoms with Gasteiger partial charge in [-0.1, -0.05) is 6.07 Å². The van der Waals surface area contributed by atoms with Crippen LogP contribution < -0.4 is 10.6 Å². The van der Waals surface area contributed by atoms with E-state index in [1.165, 1.54) is 0 Å². The van der Waals surface area contributed by atoms with Crippen molar-refractivity contribution in [1.82, 2.24) is 15.1 Å². The van der Waals surface area contributed by atoms with Gasteiger partial charge in [-0.2, -0.15) is 5.10 Å². The molecule has 2 N–H and O–H groups in total. The van der Waals surface area contributed by atoms with E-state index >= 15 is 0 Å². The van der Waals surface area contributed by atoms with Crippen molar-refractivity contribution >= 4 is 22.5 Å². The van der Waals surface area contributed by atoms with E-state index in [0.29, 0.717) is 0 Å². The largest absolute Gasteiger partial charge is 0.354 e. The van der Waals surface area contributed by atoms with E-state index < -0.39 is 0 Å². The molecule has 5 heteroatoms. The van der Waals surface area contributed by atoms with E-state index in [-0.39, 0.29) is 0 Å². The van der Waals surface area contributed by atoms with Gasteiger partial charge in [-0.3, -0.25) is 9.67 Å². The second-order valence-corrected chi connectivity index (χ2v) is 3.79. The fourth-order valence-corrected chi connectivity index (χ4v) is 1.90. The topological polar surface area (TPSA) is 54.2 Å². The molecule has 0 saturated carbocycles. The minimum Gasteiger partial charge on any atom is -0.354 e. The van der Waals surface area contributed by atoms with Crippen molar-refractivity contribution in [2.24, 2.45) is 12.0 Å². The fourth-order valence-electron chi connectivity index (χ4n) is 1.90. The SMILES string of the molecule is Cn1ncc2c(NC3=NCCN3)cccc21. The first kappa shape index (κ1) is 9.21. The van der Waals surface area contributed by atoms with Crippen molar-refractivity contribution in [2.75, 3.05) is 18.4 Å². The third kappa shape index (κ3) is 1.41. The lowest BCUT2D eigenvalue weighted by Gasteiger charge is -2.07. The van der Waals surface area contributed by atoms with E-state index in [9.17, 15) is 0 Å². The molecule has 0 aliphatic carbocycles. The molecule has 1 aromatic carbocycles. The molecule has 3 rings (SSSR count). The normalized spacial score (nSPS) is 14.9. The molecular weight excluding hydrogens is 202 g/mol. The molecule has 1 aliphatic heterocycles. The van der Waals surface area contributed by atoms with E-state index in [1.54, 1.807) is 0 Å². The zero-order valence-corrected chi connectivity index (χ0v) is 9.07. The molecule has 5 nitrogen and oxygen atoms in total. The van der Waals surface area contributed by atoms with Gasteiger partial charge >= 0.3 is 0 Å². The van der Waals surface area contributed by atoms with E-state index in [1.807, 2.05) is 30.1 Å². The van der Waals surface area contributed by atoms with Crippen LogP contribution in [0.15, 0.2) is 29.4 Å². The van der Waals surface area contributed by atoms with Gasteiger partial charge in [0.1, 0.15) is 0 Å². The summed E-state index contributed by atoms with van der Waals surface area (Å²) in [5, 5.41) is 11.8. The third-order valence-corrected chi connectivity index (χ3v) is 2.72. The Morgan fingerprint density at radius 1 is 1.44 bits per heavy atom. The summed E-state index contributed by atoms with van der Waals surface area (Å²) in [5.41, 5.74) is 2.15. The van der Waals surface area contributed by atoms with Gasteiger partial charge in [0.05, 0.1) is 23.9 Å². The first-order chi connectivity index (χ1) is 7.84. The summed E-state index contributed by atoms with van der Waals surface area (Å²) in [6.07, 6.45) is 1.87. The molecule has 0 saturated heterocycles. The maximum absolute atomic E-state index is 4.31. The molecule has 1 aromatic heterocycles. The Morgan fingerprint density at radius 3 is 3.19 bits per heavy atom. The number of guanidine groups is 1. The zero-order chi connectivity index (χ0) is 11.0. The van der Waals surface area contributed by atoms with Crippen molar-refractivity contribution in [2.45, 2.75) is 0 Å². The zero-order valence-electron chi connectivity index (χ0n) is 9.07. The monoisotopic (exact) mass is 215 g/mol. The predicted molar refractivity (Wildman–Crippen MR) is 64.6 cm³/mol. The summed E-state index contributed by atoms with van der Waals surface area (Å²) in [7, 11) is 1.94. The Kier molecular flexibility index (Phi) is 2.02. The smallest absolute Gasteiger partial charge is 0.195 e. The number of nitrogens with one attached hydrogen (secondary N) is 2. The molecule has 2 aromatic rings. The highest BCUT2D eigenvalue weighted by Gasteiger charge is 2.08. The molecule has 0 bridgehead atoms. The number of aryl methyl sites for hydroxylation is 1. The molecule has 0 amide bonds. The van der Waals surface area contributed by atoms with Crippen molar-refractivity contribution in [3.63, 3.8) is 0 Å². The van der Waals surface area contributed by atoms with Crippen LogP contribution in [-0.2, 0) is 7.05 Å². The van der Waals surface area contributed by atoms with Gasteiger partial charge in [0, 0.05) is 19.0 Å². The van der Waals surface area contributed by atoms with Gasteiger partial charge in [0.15, 0.2) is 5.96 Å². The maximum atomic E-state index is 4.31. The van der Waals surface area contributed by atoms with Crippen LogP contribution in [0.25, 0.3) is 10.9 Å². The summed E-state index contributed by atoms with van der Waals surface area (Å²) in [6, 6.07) is 6.10. The Bertz CT molecular complexity index is 555. The summed E-state index contributed by atoms with van der Waals surface area (Å²) < 4.78 is 1.87. The number of hydrogen-bond acceptors (Lipinski definition) is 4. The lowest BCUT2D eigenvalue weighted by Crippen LogP contribution is -2.26. The van der Waals surface area contributed by atoms with Crippen molar-refractivity contribution in [3.05, 3.63) is 24.4 Å². The summed E-state index contributed by atoms with van der Waals surface area (Å²) in [5.74, 6) is 0.844. The Hall–Kier alpha value is -2.04. The van der Waals surface area contributed by atoms with Crippen LogP contribution >= 0.6 is 0 Å². The molecule has 0 spiro atoms. The first-order valence-corrected chi connectivity index (χ1v) is 5.31. The van der Waals surface area contributed by atoms with Gasteiger partial charge in [-0.15, -0.1) is 0 Å². The number of aromatic nitrogens is 2. The van der Waals surface area contributed by atoms with E-state index in [2.05, 4.69) is 26.8 Å². The Morgan fingerprint density at radius 2 is 2.38 bits per heavy atom. The van der Waals surface area contributed by atoms with E-state index in [4.69, 9.17) is 0 Å². The van der Waals surface area contributed by atoms with Gasteiger partial charge in [-0.05, 0) is 12.1 Å². The number of anilines is 1. The average Bonchev–Trinajstić information content (AvgIpc) is 2.90. The number of hydrogen-bond donors (Lipinski definition) is 2. The van der Waals surface area contributed by atoms with Crippen LogP contribution in [0, 0.1) is 0 Å². The Labute approximate surface area is 93.2 Å². The quantitative estimate of drug-likeness (QED) is 0.744. The summed E-state index contributed by atoms with van der Waals surface area (Å²) in [4.78, 5) is 4.31. The number of rotatable bonds is 1. The second-order valence-electron chi connectivity index (χ2n) is 3.79. The maximum Gasteiger partial charge on any atom is 0.195 e. The van der Waals surface area contributed by atoms with Crippen LogP contribution in [0.2, 0.25) is 0 Å². The van der Waals surface area contributed by atoms with Gasteiger partial charge in [0.2, 0.25) is 0 Å². The molecule has 0 unspecified atom stereocenters. The molecule has 1 aliphatic rings. The molecule has 2 heterocycles. The van der Waals surface area contributed by atoms with E-state index in [0.717, 1.165) is 35.6 Å². The highest BCUT2D eigenvalue weighted by molar-refractivity contribution is 6.02. The molecule has 16 heavy (non-hydrogen) atoms. The standard InChI is InChI=1S/C11H13N5/c1-16-10-4-2-3-9(8(10)7-14-16)15-11-12-5-6-13-11/h2-4,7H,5-6H2,1H3,(H2,12,13,15).